The predicted molar refractivity (Wildman–Crippen MR) is 117 cm³/mol. The molecule has 3 aliphatic rings. The van der Waals surface area contributed by atoms with E-state index in [1.807, 2.05) is 30.0 Å². The van der Waals surface area contributed by atoms with Crippen molar-refractivity contribution in [3.63, 3.8) is 0 Å². The van der Waals surface area contributed by atoms with E-state index in [4.69, 9.17) is 9.57 Å². The maximum absolute atomic E-state index is 15.5. The monoisotopic (exact) mass is 450 g/mol. The Kier molecular flexibility index (Phi) is 4.20. The third-order valence-electron chi connectivity index (χ3n) is 6.52. The van der Waals surface area contributed by atoms with E-state index in [-0.39, 0.29) is 41.5 Å². The Balaban J connectivity index is 1.47. The van der Waals surface area contributed by atoms with E-state index in [9.17, 15) is 14.7 Å². The lowest BCUT2D eigenvalue weighted by molar-refractivity contribution is 0.0694. The average molecular weight is 450 g/mol. The van der Waals surface area contributed by atoms with Gasteiger partial charge in [0.2, 0.25) is 5.43 Å². The molecule has 168 valence electrons. The third kappa shape index (κ3) is 2.83. The van der Waals surface area contributed by atoms with E-state index in [0.29, 0.717) is 24.3 Å². The van der Waals surface area contributed by atoms with Crippen molar-refractivity contribution in [3.05, 3.63) is 64.0 Å². The highest BCUT2D eigenvalue weighted by Gasteiger charge is 2.45. The highest BCUT2D eigenvalue weighted by Crippen LogP contribution is 2.44. The van der Waals surface area contributed by atoms with Crippen LogP contribution in [0.4, 0.5) is 10.1 Å². The van der Waals surface area contributed by atoms with Crippen molar-refractivity contribution in [1.29, 1.82) is 0 Å². The smallest absolute Gasteiger partial charge is 0.341 e. The second kappa shape index (κ2) is 7.03. The van der Waals surface area contributed by atoms with E-state index in [0.717, 1.165) is 11.8 Å². The van der Waals surface area contributed by atoms with Gasteiger partial charge in [-0.25, -0.2) is 9.18 Å². The summed E-state index contributed by atoms with van der Waals surface area (Å²) in [6.45, 7) is 2.89. The number of halogens is 1. The van der Waals surface area contributed by atoms with Crippen LogP contribution >= 0.6 is 0 Å². The molecule has 0 aliphatic carbocycles. The van der Waals surface area contributed by atoms with Crippen molar-refractivity contribution in [2.75, 3.05) is 24.6 Å². The van der Waals surface area contributed by atoms with Gasteiger partial charge in [0, 0.05) is 18.9 Å². The molecule has 6 rings (SSSR count). The summed E-state index contributed by atoms with van der Waals surface area (Å²) in [5.41, 5.74) is 0.947. The summed E-state index contributed by atoms with van der Waals surface area (Å²) >= 11 is 0. The SMILES string of the molecule is CC1COc2c(N3CC4ON=C(c5ccccn5)C4C3)c(F)cc3c(=O)c(C(=O)O)cn1c23. The van der Waals surface area contributed by atoms with Crippen LogP contribution in [0.3, 0.4) is 0 Å². The van der Waals surface area contributed by atoms with Crippen molar-refractivity contribution in [2.45, 2.75) is 19.1 Å². The summed E-state index contributed by atoms with van der Waals surface area (Å²) in [7, 11) is 0. The van der Waals surface area contributed by atoms with Crippen molar-refractivity contribution in [1.82, 2.24) is 9.55 Å². The maximum atomic E-state index is 15.5. The molecule has 5 heterocycles. The number of carboxylic acid groups (broad SMARTS) is 1. The largest absolute Gasteiger partial charge is 0.487 e. The van der Waals surface area contributed by atoms with Gasteiger partial charge >= 0.3 is 5.97 Å². The topological polar surface area (TPSA) is 106 Å². The maximum Gasteiger partial charge on any atom is 0.341 e. The molecular formula is C23H19FN4O5. The molecule has 1 fully saturated rings. The minimum absolute atomic E-state index is 0.0101. The first kappa shape index (κ1) is 19.7. The Morgan fingerprint density at radius 3 is 2.91 bits per heavy atom. The molecule has 3 aromatic rings. The Bertz CT molecular complexity index is 1400. The number of ether oxygens (including phenoxy) is 1. The molecule has 0 radical (unpaired) electrons. The number of carboxylic acids is 1. The average Bonchev–Trinajstić information content (AvgIpc) is 3.38. The van der Waals surface area contributed by atoms with Crippen molar-refractivity contribution >= 4 is 28.3 Å². The molecule has 1 N–H and O–H groups in total. The van der Waals surface area contributed by atoms with Crippen molar-refractivity contribution < 1.29 is 23.9 Å². The molecule has 0 amide bonds. The van der Waals surface area contributed by atoms with Crippen LogP contribution < -0.4 is 15.1 Å². The highest BCUT2D eigenvalue weighted by molar-refractivity contribution is 6.02. The van der Waals surface area contributed by atoms with Crippen LogP contribution in [0.5, 0.6) is 5.75 Å². The number of pyridine rings is 2. The minimum Gasteiger partial charge on any atom is -0.487 e. The number of benzene rings is 1. The Morgan fingerprint density at radius 2 is 2.15 bits per heavy atom. The Hall–Kier alpha value is -3.95. The Labute approximate surface area is 186 Å². The second-order valence-corrected chi connectivity index (χ2v) is 8.52. The number of hydrogen-bond acceptors (Lipinski definition) is 7. The zero-order valence-corrected chi connectivity index (χ0v) is 17.6. The number of anilines is 1. The van der Waals surface area contributed by atoms with Crippen LogP contribution in [0.1, 0.15) is 29.0 Å². The van der Waals surface area contributed by atoms with Crippen LogP contribution in [-0.4, -0.2) is 52.1 Å². The first-order valence-corrected chi connectivity index (χ1v) is 10.6. The predicted octanol–water partition coefficient (Wildman–Crippen LogP) is 2.43. The molecule has 0 spiro atoms. The number of carbonyl (C=O) groups is 1. The van der Waals surface area contributed by atoms with Gasteiger partial charge in [0.1, 0.15) is 23.6 Å². The standard InChI is InChI=1S/C23H19FN4O5/c1-11-10-32-22-19-12(21(29)14(23(30)31)8-28(11)19)6-15(24)20(22)27-7-13-17(9-27)33-26-18(13)16-4-2-3-5-25-16/h2-6,8,11,13,17H,7,9-10H2,1H3,(H,30,31). The number of hydrogen-bond donors (Lipinski definition) is 1. The fourth-order valence-corrected chi connectivity index (χ4v) is 4.93. The number of rotatable bonds is 3. The van der Waals surface area contributed by atoms with Crippen LogP contribution in [0.15, 0.2) is 46.6 Å². The molecule has 3 aliphatic heterocycles. The van der Waals surface area contributed by atoms with Crippen molar-refractivity contribution in [2.24, 2.45) is 11.1 Å². The fraction of sp³-hybridized carbons (Fsp3) is 0.304. The first-order chi connectivity index (χ1) is 15.9. The molecule has 33 heavy (non-hydrogen) atoms. The first-order valence-electron chi connectivity index (χ1n) is 10.6. The minimum atomic E-state index is -1.35. The van der Waals surface area contributed by atoms with Gasteiger partial charge in [-0.2, -0.15) is 0 Å². The van der Waals surface area contributed by atoms with Gasteiger partial charge in [0.25, 0.3) is 0 Å². The second-order valence-electron chi connectivity index (χ2n) is 8.52. The molecule has 0 saturated carbocycles. The van der Waals surface area contributed by atoms with Crippen LogP contribution in [0.25, 0.3) is 10.9 Å². The van der Waals surface area contributed by atoms with Crippen LogP contribution in [0, 0.1) is 11.7 Å². The van der Waals surface area contributed by atoms with Gasteiger partial charge in [-0.15, -0.1) is 0 Å². The van der Waals surface area contributed by atoms with E-state index < -0.39 is 22.8 Å². The fourth-order valence-electron chi connectivity index (χ4n) is 4.93. The molecule has 9 nitrogen and oxygen atoms in total. The number of aromatic nitrogens is 2. The molecule has 3 unspecified atom stereocenters. The summed E-state index contributed by atoms with van der Waals surface area (Å²) in [5.74, 6) is -1.84. The quantitative estimate of drug-likeness (QED) is 0.653. The number of nitrogens with zero attached hydrogens (tertiary/aromatic N) is 4. The summed E-state index contributed by atoms with van der Waals surface area (Å²) in [6.07, 6.45) is 2.74. The lowest BCUT2D eigenvalue weighted by Crippen LogP contribution is -2.30. The number of fused-ring (bicyclic) bond motifs is 1. The van der Waals surface area contributed by atoms with E-state index in [2.05, 4.69) is 10.1 Å². The van der Waals surface area contributed by atoms with E-state index in [1.165, 1.54) is 6.20 Å². The molecular weight excluding hydrogens is 431 g/mol. The van der Waals surface area contributed by atoms with Crippen molar-refractivity contribution in [3.8, 4) is 5.75 Å². The zero-order valence-electron chi connectivity index (χ0n) is 17.6. The third-order valence-corrected chi connectivity index (χ3v) is 6.52. The molecule has 0 bridgehead atoms. The van der Waals surface area contributed by atoms with Gasteiger partial charge in [0.15, 0.2) is 17.7 Å². The van der Waals surface area contributed by atoms with Gasteiger partial charge in [-0.1, -0.05) is 11.2 Å². The van der Waals surface area contributed by atoms with Gasteiger partial charge < -0.3 is 24.1 Å². The van der Waals surface area contributed by atoms with E-state index >= 15 is 4.39 Å². The molecule has 1 saturated heterocycles. The lowest BCUT2D eigenvalue weighted by Gasteiger charge is -2.31. The summed E-state index contributed by atoms with van der Waals surface area (Å²) in [5, 5.41) is 13.6. The number of aromatic carboxylic acids is 1. The summed E-state index contributed by atoms with van der Waals surface area (Å²) < 4.78 is 23.1. The van der Waals surface area contributed by atoms with E-state index in [1.54, 1.807) is 10.8 Å². The Morgan fingerprint density at radius 1 is 1.30 bits per heavy atom. The van der Waals surface area contributed by atoms with Gasteiger partial charge in [0.05, 0.1) is 35.1 Å². The zero-order chi connectivity index (χ0) is 22.9. The molecule has 10 heteroatoms. The molecule has 2 aromatic heterocycles. The van der Waals surface area contributed by atoms with Crippen LogP contribution in [-0.2, 0) is 4.84 Å². The highest BCUT2D eigenvalue weighted by atomic mass is 19.1. The lowest BCUT2D eigenvalue weighted by atomic mass is 9.98. The van der Waals surface area contributed by atoms with Gasteiger partial charge in [-0.3, -0.25) is 9.78 Å². The number of oxime groups is 1. The summed E-state index contributed by atoms with van der Waals surface area (Å²) in [6, 6.07) is 6.44. The molecule has 1 aromatic carbocycles. The molecule has 3 atom stereocenters. The van der Waals surface area contributed by atoms with Gasteiger partial charge in [-0.05, 0) is 25.1 Å². The van der Waals surface area contributed by atoms with Crippen LogP contribution in [0.2, 0.25) is 0 Å². The summed E-state index contributed by atoms with van der Waals surface area (Å²) in [4.78, 5) is 36.2. The normalized spacial score (nSPS) is 23.2.